The topological polar surface area (TPSA) is 35.6 Å². The summed E-state index contributed by atoms with van der Waals surface area (Å²) in [5.74, 6) is 0.331. The first-order chi connectivity index (χ1) is 7.64. The molecule has 0 aromatic carbocycles. The lowest BCUT2D eigenvalue weighted by Crippen LogP contribution is -2.55. The van der Waals surface area contributed by atoms with Gasteiger partial charge in [0.2, 0.25) is 5.91 Å². The summed E-state index contributed by atoms with van der Waals surface area (Å²) < 4.78 is 0. The van der Waals surface area contributed by atoms with E-state index in [1.54, 1.807) is 4.90 Å². The summed E-state index contributed by atoms with van der Waals surface area (Å²) in [4.78, 5) is 16.4. The maximum absolute atomic E-state index is 12.2. The van der Waals surface area contributed by atoms with E-state index in [1.807, 2.05) is 14.1 Å². The summed E-state index contributed by atoms with van der Waals surface area (Å²) in [6.07, 6.45) is 3.37. The molecular formula is C12H23N3O. The van der Waals surface area contributed by atoms with Gasteiger partial charge in [0.25, 0.3) is 0 Å². The summed E-state index contributed by atoms with van der Waals surface area (Å²) >= 11 is 0. The molecule has 16 heavy (non-hydrogen) atoms. The predicted octanol–water partition coefficient (Wildman–Crippen LogP) is 0.150. The molecule has 0 bridgehead atoms. The first-order valence-electron chi connectivity index (χ1n) is 6.29. The smallest absolute Gasteiger partial charge is 0.229 e. The van der Waals surface area contributed by atoms with Gasteiger partial charge in [-0.15, -0.1) is 0 Å². The molecule has 0 aromatic heterocycles. The van der Waals surface area contributed by atoms with Crippen molar-refractivity contribution in [1.29, 1.82) is 0 Å². The van der Waals surface area contributed by atoms with Crippen LogP contribution in [0.2, 0.25) is 0 Å². The molecule has 2 fully saturated rings. The molecule has 0 spiro atoms. The van der Waals surface area contributed by atoms with Gasteiger partial charge in [-0.05, 0) is 12.8 Å². The summed E-state index contributed by atoms with van der Waals surface area (Å²) in [7, 11) is 3.75. The molecule has 1 saturated carbocycles. The normalized spacial score (nSPS) is 24.9. The molecule has 0 unspecified atom stereocenters. The SMILES string of the molecule is CN(C)C(=O)C1(CN2CCNCC2)CCC1. The Balaban J connectivity index is 1.96. The van der Waals surface area contributed by atoms with Crippen molar-refractivity contribution < 1.29 is 4.79 Å². The average molecular weight is 225 g/mol. The maximum atomic E-state index is 12.2. The molecule has 1 amide bonds. The third kappa shape index (κ3) is 2.23. The largest absolute Gasteiger partial charge is 0.348 e. The van der Waals surface area contributed by atoms with Crippen LogP contribution in [0, 0.1) is 5.41 Å². The van der Waals surface area contributed by atoms with Gasteiger partial charge in [0.05, 0.1) is 5.41 Å². The van der Waals surface area contributed by atoms with E-state index >= 15 is 0 Å². The Morgan fingerprint density at radius 1 is 1.31 bits per heavy atom. The third-order valence-electron chi connectivity index (χ3n) is 3.91. The summed E-state index contributed by atoms with van der Waals surface area (Å²) in [5.41, 5.74) is -0.0547. The lowest BCUT2D eigenvalue weighted by molar-refractivity contribution is -0.146. The lowest BCUT2D eigenvalue weighted by atomic mass is 9.67. The highest BCUT2D eigenvalue weighted by Gasteiger charge is 2.45. The van der Waals surface area contributed by atoms with Crippen LogP contribution in [0.1, 0.15) is 19.3 Å². The van der Waals surface area contributed by atoms with Crippen LogP contribution in [0.25, 0.3) is 0 Å². The number of carbonyl (C=O) groups is 1. The summed E-state index contributed by atoms with van der Waals surface area (Å²) in [6, 6.07) is 0. The second kappa shape index (κ2) is 4.72. The lowest BCUT2D eigenvalue weighted by Gasteiger charge is -2.45. The monoisotopic (exact) mass is 225 g/mol. The Morgan fingerprint density at radius 3 is 2.38 bits per heavy atom. The minimum Gasteiger partial charge on any atom is -0.348 e. The fourth-order valence-electron chi connectivity index (χ4n) is 2.81. The minimum absolute atomic E-state index is 0.0547. The molecule has 1 N–H and O–H groups in total. The molecule has 2 aliphatic rings. The molecule has 92 valence electrons. The van der Waals surface area contributed by atoms with Crippen LogP contribution in [0.15, 0.2) is 0 Å². The van der Waals surface area contributed by atoms with E-state index in [9.17, 15) is 4.79 Å². The van der Waals surface area contributed by atoms with Gasteiger partial charge >= 0.3 is 0 Å². The van der Waals surface area contributed by atoms with Gasteiger partial charge < -0.3 is 10.2 Å². The van der Waals surface area contributed by atoms with Gasteiger partial charge in [-0.2, -0.15) is 0 Å². The van der Waals surface area contributed by atoms with Crippen molar-refractivity contribution in [3.05, 3.63) is 0 Å². The molecule has 1 aliphatic carbocycles. The molecule has 4 heteroatoms. The van der Waals surface area contributed by atoms with Crippen LogP contribution >= 0.6 is 0 Å². The maximum Gasteiger partial charge on any atom is 0.229 e. The van der Waals surface area contributed by atoms with Crippen LogP contribution in [-0.4, -0.2) is 62.5 Å². The third-order valence-corrected chi connectivity index (χ3v) is 3.91. The highest BCUT2D eigenvalue weighted by molar-refractivity contribution is 5.83. The van der Waals surface area contributed by atoms with Gasteiger partial charge in [-0.1, -0.05) is 6.42 Å². The first-order valence-corrected chi connectivity index (χ1v) is 6.29. The second-order valence-corrected chi connectivity index (χ2v) is 5.36. The van der Waals surface area contributed by atoms with E-state index in [0.717, 1.165) is 45.6 Å². The predicted molar refractivity (Wildman–Crippen MR) is 64.3 cm³/mol. The fourth-order valence-corrected chi connectivity index (χ4v) is 2.81. The molecular weight excluding hydrogens is 202 g/mol. The van der Waals surface area contributed by atoms with E-state index in [2.05, 4.69) is 10.2 Å². The molecule has 4 nitrogen and oxygen atoms in total. The number of amides is 1. The van der Waals surface area contributed by atoms with Crippen LogP contribution in [-0.2, 0) is 4.79 Å². The Bertz CT molecular complexity index is 255. The number of hydrogen-bond donors (Lipinski definition) is 1. The van der Waals surface area contributed by atoms with Gasteiger partial charge in [0.15, 0.2) is 0 Å². The molecule has 2 rings (SSSR count). The average Bonchev–Trinajstić information content (AvgIpc) is 2.24. The number of carbonyl (C=O) groups excluding carboxylic acids is 1. The van der Waals surface area contributed by atoms with Gasteiger partial charge in [0, 0.05) is 46.8 Å². The Labute approximate surface area is 98.0 Å². The van der Waals surface area contributed by atoms with Crippen molar-refractivity contribution >= 4 is 5.91 Å². The van der Waals surface area contributed by atoms with Gasteiger partial charge in [-0.25, -0.2) is 0 Å². The van der Waals surface area contributed by atoms with Crippen molar-refractivity contribution in [2.24, 2.45) is 5.41 Å². The zero-order valence-electron chi connectivity index (χ0n) is 10.5. The van der Waals surface area contributed by atoms with Crippen molar-refractivity contribution in [3.63, 3.8) is 0 Å². The van der Waals surface area contributed by atoms with E-state index in [4.69, 9.17) is 0 Å². The van der Waals surface area contributed by atoms with Crippen LogP contribution < -0.4 is 5.32 Å². The van der Waals surface area contributed by atoms with Gasteiger partial charge in [0.1, 0.15) is 0 Å². The van der Waals surface area contributed by atoms with Crippen molar-refractivity contribution in [1.82, 2.24) is 15.1 Å². The molecule has 1 aliphatic heterocycles. The second-order valence-electron chi connectivity index (χ2n) is 5.36. The summed E-state index contributed by atoms with van der Waals surface area (Å²) in [5, 5.41) is 3.35. The van der Waals surface area contributed by atoms with E-state index in [1.165, 1.54) is 6.42 Å². The van der Waals surface area contributed by atoms with Gasteiger partial charge in [-0.3, -0.25) is 9.69 Å². The number of rotatable bonds is 3. The van der Waals surface area contributed by atoms with Crippen molar-refractivity contribution in [3.8, 4) is 0 Å². The number of hydrogen-bond acceptors (Lipinski definition) is 3. The molecule has 0 atom stereocenters. The Hall–Kier alpha value is -0.610. The highest BCUT2D eigenvalue weighted by Crippen LogP contribution is 2.42. The number of piperazine rings is 1. The van der Waals surface area contributed by atoms with E-state index < -0.39 is 0 Å². The first kappa shape index (κ1) is 11.9. The molecule has 0 aromatic rings. The van der Waals surface area contributed by atoms with E-state index in [0.29, 0.717) is 5.91 Å². The van der Waals surface area contributed by atoms with Crippen LogP contribution in [0.5, 0.6) is 0 Å². The molecule has 0 radical (unpaired) electrons. The molecule has 1 saturated heterocycles. The van der Waals surface area contributed by atoms with E-state index in [-0.39, 0.29) is 5.41 Å². The fraction of sp³-hybridized carbons (Fsp3) is 0.917. The standard InChI is InChI=1S/C12H23N3O/c1-14(2)11(16)12(4-3-5-12)10-15-8-6-13-7-9-15/h13H,3-10H2,1-2H3. The minimum atomic E-state index is -0.0547. The van der Waals surface area contributed by atoms with Crippen molar-refractivity contribution in [2.75, 3.05) is 46.8 Å². The summed E-state index contributed by atoms with van der Waals surface area (Å²) in [6.45, 7) is 5.26. The van der Waals surface area contributed by atoms with Crippen LogP contribution in [0.4, 0.5) is 0 Å². The molecule has 1 heterocycles. The highest BCUT2D eigenvalue weighted by atomic mass is 16.2. The Morgan fingerprint density at radius 2 is 1.94 bits per heavy atom. The number of nitrogens with one attached hydrogen (secondary N) is 1. The van der Waals surface area contributed by atoms with Crippen LogP contribution in [0.3, 0.4) is 0 Å². The zero-order chi connectivity index (χ0) is 11.6. The number of nitrogens with zero attached hydrogens (tertiary/aromatic N) is 2. The van der Waals surface area contributed by atoms with Crippen molar-refractivity contribution in [2.45, 2.75) is 19.3 Å². The zero-order valence-corrected chi connectivity index (χ0v) is 10.5. The quantitative estimate of drug-likeness (QED) is 0.743. The Kier molecular flexibility index (Phi) is 3.50.